The third-order valence-electron chi connectivity index (χ3n) is 5.06. The van der Waals surface area contributed by atoms with Gasteiger partial charge in [-0.3, -0.25) is 14.4 Å². The molecule has 2 aliphatic heterocycles. The number of nitrogens with zero attached hydrogens (tertiary/aromatic N) is 2. The topological polar surface area (TPSA) is 69.7 Å². The molecule has 0 aliphatic carbocycles. The van der Waals surface area contributed by atoms with Crippen molar-refractivity contribution in [3.63, 3.8) is 0 Å². The molecule has 6 nitrogen and oxygen atoms in total. The van der Waals surface area contributed by atoms with Crippen LogP contribution in [0.4, 0.5) is 15.8 Å². The zero-order chi connectivity index (χ0) is 20.5. The number of carbonyl (C=O) groups excluding carboxylic acids is 3. The van der Waals surface area contributed by atoms with Crippen molar-refractivity contribution in [3.05, 3.63) is 65.6 Å². The lowest BCUT2D eigenvalue weighted by Gasteiger charge is -2.20. The Morgan fingerprint density at radius 3 is 2.14 bits per heavy atom. The smallest absolute Gasteiger partial charge is 0.282 e. The highest BCUT2D eigenvalue weighted by molar-refractivity contribution is 6.45. The number of anilines is 2. The first-order chi connectivity index (χ1) is 14.0. The molecule has 7 heteroatoms. The Morgan fingerprint density at radius 2 is 1.55 bits per heavy atom. The fourth-order valence-corrected chi connectivity index (χ4v) is 3.76. The van der Waals surface area contributed by atoms with Crippen LogP contribution in [-0.2, 0) is 14.4 Å². The molecule has 0 radical (unpaired) electrons. The Hall–Kier alpha value is -3.48. The minimum Gasteiger partial charge on any atom is -0.366 e. The summed E-state index contributed by atoms with van der Waals surface area (Å²) in [5.74, 6) is -1.43. The molecule has 2 aromatic rings. The third-order valence-corrected chi connectivity index (χ3v) is 5.06. The largest absolute Gasteiger partial charge is 0.366 e. The van der Waals surface area contributed by atoms with Crippen LogP contribution in [-0.4, -0.2) is 35.7 Å². The molecule has 0 saturated carbocycles. The van der Waals surface area contributed by atoms with E-state index in [1.165, 1.54) is 31.2 Å². The van der Waals surface area contributed by atoms with Gasteiger partial charge in [-0.2, -0.15) is 0 Å². The van der Waals surface area contributed by atoms with Crippen molar-refractivity contribution < 1.29 is 18.8 Å². The van der Waals surface area contributed by atoms with Gasteiger partial charge in [-0.1, -0.05) is 12.1 Å². The Balaban J connectivity index is 1.74. The van der Waals surface area contributed by atoms with Gasteiger partial charge in [-0.15, -0.1) is 0 Å². The van der Waals surface area contributed by atoms with Crippen LogP contribution in [0, 0.1) is 5.82 Å². The van der Waals surface area contributed by atoms with E-state index in [1.54, 1.807) is 24.3 Å². The van der Waals surface area contributed by atoms with Gasteiger partial charge in [0.2, 0.25) is 5.91 Å². The van der Waals surface area contributed by atoms with Gasteiger partial charge in [0.25, 0.3) is 11.8 Å². The van der Waals surface area contributed by atoms with Gasteiger partial charge in [-0.05, 0) is 54.8 Å². The highest BCUT2D eigenvalue weighted by atomic mass is 19.1. The highest BCUT2D eigenvalue weighted by Gasteiger charge is 2.42. The van der Waals surface area contributed by atoms with Crippen LogP contribution in [0.25, 0.3) is 5.57 Å². The molecule has 148 valence electrons. The van der Waals surface area contributed by atoms with Crippen molar-refractivity contribution in [2.45, 2.75) is 19.8 Å². The molecule has 2 aromatic carbocycles. The molecular weight excluding hydrogens is 373 g/mol. The molecular formula is C22H20FN3O3. The maximum atomic E-state index is 13.4. The van der Waals surface area contributed by atoms with Gasteiger partial charge in [0.05, 0.1) is 11.3 Å². The van der Waals surface area contributed by atoms with E-state index in [-0.39, 0.29) is 11.8 Å². The zero-order valence-electron chi connectivity index (χ0n) is 15.9. The van der Waals surface area contributed by atoms with Gasteiger partial charge in [0.1, 0.15) is 11.5 Å². The molecule has 0 aromatic heterocycles. The van der Waals surface area contributed by atoms with Gasteiger partial charge in [0, 0.05) is 25.7 Å². The third kappa shape index (κ3) is 3.51. The monoisotopic (exact) mass is 393 g/mol. The van der Waals surface area contributed by atoms with E-state index < -0.39 is 11.7 Å². The number of rotatable bonds is 4. The van der Waals surface area contributed by atoms with Crippen LogP contribution in [0.5, 0.6) is 0 Å². The summed E-state index contributed by atoms with van der Waals surface area (Å²) >= 11 is 0. The molecule has 0 spiro atoms. The standard InChI is InChI=1S/C22H20FN3O3/c1-14(27)24-17-8-10-18(11-9-17)26-21(28)19(15-4-6-16(23)7-5-15)20(22(26)29)25-12-2-3-13-25/h4-11H,2-3,12-13H2,1H3,(H,24,27). The van der Waals surface area contributed by atoms with Crippen LogP contribution in [0.3, 0.4) is 0 Å². The first kappa shape index (κ1) is 18.9. The van der Waals surface area contributed by atoms with Gasteiger partial charge < -0.3 is 10.2 Å². The van der Waals surface area contributed by atoms with Crippen molar-refractivity contribution in [2.75, 3.05) is 23.3 Å². The summed E-state index contributed by atoms with van der Waals surface area (Å²) in [6.07, 6.45) is 1.90. The molecule has 1 saturated heterocycles. The number of likely N-dealkylation sites (tertiary alicyclic amines) is 1. The second-order valence-corrected chi connectivity index (χ2v) is 7.10. The lowest BCUT2D eigenvalue weighted by atomic mass is 10.0. The molecule has 2 heterocycles. The molecule has 1 N–H and O–H groups in total. The summed E-state index contributed by atoms with van der Waals surface area (Å²) in [7, 11) is 0. The number of hydrogen-bond acceptors (Lipinski definition) is 4. The van der Waals surface area contributed by atoms with Crippen LogP contribution >= 0.6 is 0 Å². The number of amides is 3. The van der Waals surface area contributed by atoms with Crippen LogP contribution in [0.2, 0.25) is 0 Å². The number of halogens is 1. The predicted molar refractivity (Wildman–Crippen MR) is 107 cm³/mol. The summed E-state index contributed by atoms with van der Waals surface area (Å²) in [5, 5.41) is 2.66. The first-order valence-electron chi connectivity index (χ1n) is 9.47. The van der Waals surface area contributed by atoms with E-state index in [2.05, 4.69) is 5.32 Å². The fourth-order valence-electron chi connectivity index (χ4n) is 3.76. The molecule has 4 rings (SSSR count). The first-order valence-corrected chi connectivity index (χ1v) is 9.47. The number of hydrogen-bond donors (Lipinski definition) is 1. The number of imide groups is 1. The van der Waals surface area contributed by atoms with Crippen molar-refractivity contribution >= 4 is 34.7 Å². The zero-order valence-corrected chi connectivity index (χ0v) is 15.9. The van der Waals surface area contributed by atoms with Crippen molar-refractivity contribution in [2.24, 2.45) is 0 Å². The average Bonchev–Trinajstić information content (AvgIpc) is 3.29. The highest BCUT2D eigenvalue weighted by Crippen LogP contribution is 2.36. The molecule has 2 aliphatic rings. The van der Waals surface area contributed by atoms with Gasteiger partial charge in [0.15, 0.2) is 0 Å². The van der Waals surface area contributed by atoms with Crippen LogP contribution in [0.1, 0.15) is 25.3 Å². The molecule has 0 unspecified atom stereocenters. The van der Waals surface area contributed by atoms with Gasteiger partial charge >= 0.3 is 0 Å². The predicted octanol–water partition coefficient (Wildman–Crippen LogP) is 3.16. The fraction of sp³-hybridized carbons (Fsp3) is 0.227. The van der Waals surface area contributed by atoms with Crippen LogP contribution in [0.15, 0.2) is 54.2 Å². The van der Waals surface area contributed by atoms with E-state index in [0.717, 1.165) is 17.7 Å². The lowest BCUT2D eigenvalue weighted by molar-refractivity contribution is -0.120. The minimum atomic E-state index is -0.434. The molecule has 0 bridgehead atoms. The van der Waals surface area contributed by atoms with E-state index >= 15 is 0 Å². The number of nitrogens with one attached hydrogen (secondary N) is 1. The van der Waals surface area contributed by atoms with E-state index in [0.29, 0.717) is 41.3 Å². The number of carbonyl (C=O) groups is 3. The SMILES string of the molecule is CC(=O)Nc1ccc(N2C(=O)C(c3ccc(F)cc3)=C(N3CCCC3)C2=O)cc1. The molecule has 3 amide bonds. The maximum Gasteiger partial charge on any atom is 0.282 e. The average molecular weight is 393 g/mol. The Kier molecular flexibility index (Phi) is 4.88. The Morgan fingerprint density at radius 1 is 0.931 bits per heavy atom. The van der Waals surface area contributed by atoms with Crippen molar-refractivity contribution in [1.82, 2.24) is 4.90 Å². The minimum absolute atomic E-state index is 0.206. The lowest BCUT2D eigenvalue weighted by Crippen LogP contribution is -2.34. The van der Waals surface area contributed by atoms with Gasteiger partial charge in [-0.25, -0.2) is 9.29 Å². The molecule has 0 atom stereocenters. The quantitative estimate of drug-likeness (QED) is 0.810. The van der Waals surface area contributed by atoms with Crippen LogP contribution < -0.4 is 10.2 Å². The Bertz CT molecular complexity index is 1010. The van der Waals surface area contributed by atoms with E-state index in [4.69, 9.17) is 0 Å². The summed E-state index contributed by atoms with van der Waals surface area (Å²) in [5.41, 5.74) is 2.17. The summed E-state index contributed by atoms with van der Waals surface area (Å²) < 4.78 is 13.4. The van der Waals surface area contributed by atoms with E-state index in [1.807, 2.05) is 4.90 Å². The van der Waals surface area contributed by atoms with Crippen molar-refractivity contribution in [3.8, 4) is 0 Å². The molecule has 29 heavy (non-hydrogen) atoms. The number of benzene rings is 2. The normalized spacial score (nSPS) is 16.8. The summed E-state index contributed by atoms with van der Waals surface area (Å²) in [4.78, 5) is 40.8. The van der Waals surface area contributed by atoms with Crippen molar-refractivity contribution in [1.29, 1.82) is 0 Å². The second kappa shape index (κ2) is 7.50. The van der Waals surface area contributed by atoms with E-state index in [9.17, 15) is 18.8 Å². The summed E-state index contributed by atoms with van der Waals surface area (Å²) in [6.45, 7) is 2.81. The maximum absolute atomic E-state index is 13.4. The molecule has 1 fully saturated rings. The second-order valence-electron chi connectivity index (χ2n) is 7.10. The Labute approximate surface area is 167 Å². The summed E-state index contributed by atoms with van der Waals surface area (Å²) in [6, 6.07) is 12.1.